The molecule has 1 amide bonds. The fourth-order valence-corrected chi connectivity index (χ4v) is 3.47. The molecule has 3 rings (SSSR count). The van der Waals surface area contributed by atoms with Gasteiger partial charge in [0.15, 0.2) is 0 Å². The second-order valence-corrected chi connectivity index (χ2v) is 8.39. The first-order valence-corrected chi connectivity index (χ1v) is 9.18. The van der Waals surface area contributed by atoms with E-state index in [1.807, 2.05) is 33.8 Å². The van der Waals surface area contributed by atoms with E-state index >= 15 is 0 Å². The average Bonchev–Trinajstić information content (AvgIpc) is 2.75. The Kier molecular flexibility index (Phi) is 4.92. The van der Waals surface area contributed by atoms with Crippen LogP contribution in [0.2, 0.25) is 5.02 Å². The van der Waals surface area contributed by atoms with Crippen molar-refractivity contribution >= 4 is 30.1 Å². The summed E-state index contributed by atoms with van der Waals surface area (Å²) in [5.41, 5.74) is 6.46. The second kappa shape index (κ2) is 6.58. The molecule has 5 nitrogen and oxygen atoms in total. The van der Waals surface area contributed by atoms with Crippen LogP contribution in [0.3, 0.4) is 0 Å². The van der Waals surface area contributed by atoms with E-state index in [-0.39, 0.29) is 11.9 Å². The van der Waals surface area contributed by atoms with Crippen LogP contribution in [-0.2, 0) is 9.31 Å². The number of piperidine rings is 1. The van der Waals surface area contributed by atoms with Crippen LogP contribution in [0.1, 0.15) is 50.9 Å². The van der Waals surface area contributed by atoms with Crippen LogP contribution in [0.25, 0.3) is 0 Å². The fraction of sp³-hybridized carbons (Fsp3) is 0.611. The van der Waals surface area contributed by atoms with Crippen molar-refractivity contribution in [2.75, 3.05) is 13.1 Å². The summed E-state index contributed by atoms with van der Waals surface area (Å²) in [5.74, 6) is -0.0689. The number of nitrogens with two attached hydrogens (primary N) is 1. The number of nitrogens with zero attached hydrogens (tertiary/aromatic N) is 1. The molecule has 2 aliphatic heterocycles. The number of rotatable bonds is 2. The first-order valence-electron chi connectivity index (χ1n) is 8.81. The molecule has 7 heteroatoms. The quantitative estimate of drug-likeness (QED) is 0.817. The molecule has 1 aromatic rings. The van der Waals surface area contributed by atoms with Crippen molar-refractivity contribution in [2.24, 2.45) is 5.73 Å². The highest BCUT2D eigenvalue weighted by molar-refractivity contribution is 6.62. The number of carbonyl (C=O) groups excluding carboxylic acids is 1. The zero-order chi connectivity index (χ0) is 18.4. The third-order valence-electron chi connectivity index (χ3n) is 5.49. The Labute approximate surface area is 154 Å². The molecule has 0 radical (unpaired) electrons. The smallest absolute Gasteiger partial charge is 0.399 e. The van der Waals surface area contributed by atoms with E-state index in [9.17, 15) is 4.79 Å². The molecule has 1 atom stereocenters. The SMILES string of the molecule is CC1(C)OB(c2ccc(C(=O)N3CCC[C@H](N)C3)c(Cl)c2)OC1(C)C. The molecule has 1 aromatic carbocycles. The number of likely N-dealkylation sites (tertiary alicyclic amines) is 1. The lowest BCUT2D eigenvalue weighted by Crippen LogP contribution is -2.45. The Hall–Kier alpha value is -1.08. The lowest BCUT2D eigenvalue weighted by Gasteiger charge is -2.32. The fourth-order valence-electron chi connectivity index (χ4n) is 3.20. The number of hydrogen-bond acceptors (Lipinski definition) is 4. The molecule has 2 saturated heterocycles. The van der Waals surface area contributed by atoms with E-state index in [0.29, 0.717) is 17.1 Å². The van der Waals surface area contributed by atoms with Gasteiger partial charge in [0, 0.05) is 19.1 Å². The monoisotopic (exact) mass is 364 g/mol. The van der Waals surface area contributed by atoms with Crippen LogP contribution in [0.15, 0.2) is 18.2 Å². The van der Waals surface area contributed by atoms with Gasteiger partial charge in [-0.1, -0.05) is 17.7 Å². The van der Waals surface area contributed by atoms with E-state index in [4.69, 9.17) is 26.6 Å². The van der Waals surface area contributed by atoms with Crippen LogP contribution in [0.5, 0.6) is 0 Å². The zero-order valence-electron chi connectivity index (χ0n) is 15.3. The van der Waals surface area contributed by atoms with Crippen LogP contribution in [0, 0.1) is 0 Å². The highest BCUT2D eigenvalue weighted by atomic mass is 35.5. The maximum Gasteiger partial charge on any atom is 0.494 e. The summed E-state index contributed by atoms with van der Waals surface area (Å²) in [6, 6.07) is 5.41. The van der Waals surface area contributed by atoms with Gasteiger partial charge in [0.2, 0.25) is 0 Å². The van der Waals surface area contributed by atoms with Gasteiger partial charge in [0.05, 0.1) is 21.8 Å². The summed E-state index contributed by atoms with van der Waals surface area (Å²) in [7, 11) is -0.491. The van der Waals surface area contributed by atoms with Crippen molar-refractivity contribution in [3.05, 3.63) is 28.8 Å². The summed E-state index contributed by atoms with van der Waals surface area (Å²) >= 11 is 6.41. The molecular formula is C18H26BClN2O3. The minimum absolute atomic E-state index is 0.0421. The van der Waals surface area contributed by atoms with Crippen LogP contribution >= 0.6 is 11.6 Å². The maximum absolute atomic E-state index is 12.7. The Bertz CT molecular complexity index is 664. The lowest BCUT2D eigenvalue weighted by atomic mass is 9.79. The van der Waals surface area contributed by atoms with Crippen molar-refractivity contribution < 1.29 is 14.1 Å². The van der Waals surface area contributed by atoms with Crippen molar-refractivity contribution in [1.82, 2.24) is 4.90 Å². The molecule has 0 aliphatic carbocycles. The minimum atomic E-state index is -0.491. The van der Waals surface area contributed by atoms with Crippen molar-refractivity contribution in [2.45, 2.75) is 57.8 Å². The van der Waals surface area contributed by atoms with Gasteiger partial charge in [-0.3, -0.25) is 4.79 Å². The van der Waals surface area contributed by atoms with Gasteiger partial charge in [0.25, 0.3) is 5.91 Å². The zero-order valence-corrected chi connectivity index (χ0v) is 16.1. The minimum Gasteiger partial charge on any atom is -0.399 e. The number of hydrogen-bond donors (Lipinski definition) is 1. The number of benzene rings is 1. The molecule has 0 saturated carbocycles. The third-order valence-corrected chi connectivity index (χ3v) is 5.81. The van der Waals surface area contributed by atoms with Crippen molar-refractivity contribution in [3.63, 3.8) is 0 Å². The van der Waals surface area contributed by atoms with Crippen LogP contribution < -0.4 is 11.2 Å². The summed E-state index contributed by atoms with van der Waals surface area (Å²) < 4.78 is 12.1. The number of halogens is 1. The average molecular weight is 365 g/mol. The summed E-state index contributed by atoms with van der Waals surface area (Å²) in [5, 5.41) is 0.413. The molecule has 0 bridgehead atoms. The standard InChI is InChI=1S/C18H26BClN2O3/c1-17(2)18(3,4)25-19(24-17)12-7-8-14(15(20)10-12)16(23)22-9-5-6-13(21)11-22/h7-8,10,13H,5-6,9,11,21H2,1-4H3/t13-/m0/s1. The van der Waals surface area contributed by atoms with Crippen molar-refractivity contribution in [1.29, 1.82) is 0 Å². The Morgan fingerprint density at radius 1 is 1.28 bits per heavy atom. The Balaban J connectivity index is 1.79. The Morgan fingerprint density at radius 3 is 2.48 bits per heavy atom. The predicted molar refractivity (Wildman–Crippen MR) is 100 cm³/mol. The molecule has 2 heterocycles. The third kappa shape index (κ3) is 3.58. The Morgan fingerprint density at radius 2 is 1.92 bits per heavy atom. The molecule has 0 aromatic heterocycles. The van der Waals surface area contributed by atoms with Crippen LogP contribution in [0.4, 0.5) is 0 Å². The van der Waals surface area contributed by atoms with Gasteiger partial charge in [-0.2, -0.15) is 0 Å². The summed E-state index contributed by atoms with van der Waals surface area (Å²) in [6.45, 7) is 9.33. The van der Waals surface area contributed by atoms with Gasteiger partial charge >= 0.3 is 7.12 Å². The van der Waals surface area contributed by atoms with Gasteiger partial charge in [0.1, 0.15) is 0 Å². The summed E-state index contributed by atoms with van der Waals surface area (Å²) in [4.78, 5) is 14.5. The first kappa shape index (κ1) is 18.7. The summed E-state index contributed by atoms with van der Waals surface area (Å²) in [6.07, 6.45) is 1.88. The highest BCUT2D eigenvalue weighted by Crippen LogP contribution is 2.36. The maximum atomic E-state index is 12.7. The second-order valence-electron chi connectivity index (χ2n) is 7.98. The normalized spacial score (nSPS) is 25.3. The molecule has 2 fully saturated rings. The van der Waals surface area contributed by atoms with E-state index in [0.717, 1.165) is 24.8 Å². The molecular weight excluding hydrogens is 338 g/mol. The molecule has 2 N–H and O–H groups in total. The lowest BCUT2D eigenvalue weighted by molar-refractivity contribution is 0.00578. The van der Waals surface area contributed by atoms with E-state index in [1.165, 1.54) is 0 Å². The first-order chi connectivity index (χ1) is 11.6. The van der Waals surface area contributed by atoms with E-state index in [1.54, 1.807) is 17.0 Å². The molecule has 0 spiro atoms. The van der Waals surface area contributed by atoms with Gasteiger partial charge in [-0.25, -0.2) is 0 Å². The van der Waals surface area contributed by atoms with E-state index in [2.05, 4.69) is 0 Å². The van der Waals surface area contributed by atoms with Gasteiger partial charge in [-0.15, -0.1) is 0 Å². The molecule has 0 unspecified atom stereocenters. The highest BCUT2D eigenvalue weighted by Gasteiger charge is 2.51. The van der Waals surface area contributed by atoms with Gasteiger partial charge in [-0.05, 0) is 58.1 Å². The van der Waals surface area contributed by atoms with E-state index < -0.39 is 18.3 Å². The van der Waals surface area contributed by atoms with Crippen molar-refractivity contribution in [3.8, 4) is 0 Å². The predicted octanol–water partition coefficient (Wildman–Crippen LogP) is 2.20. The largest absolute Gasteiger partial charge is 0.494 e. The molecule has 2 aliphatic rings. The van der Waals surface area contributed by atoms with Gasteiger partial charge < -0.3 is 19.9 Å². The molecule has 25 heavy (non-hydrogen) atoms. The molecule has 136 valence electrons. The van der Waals surface area contributed by atoms with Crippen LogP contribution in [-0.4, -0.2) is 48.3 Å². The topological polar surface area (TPSA) is 64.8 Å². The number of amides is 1. The number of carbonyl (C=O) groups is 1.